The molecule has 0 spiro atoms. The molecule has 8 heteroatoms. The third-order valence-electron chi connectivity index (χ3n) is 4.13. The molecule has 2 aromatic rings. The third-order valence-corrected chi connectivity index (χ3v) is 4.72. The van der Waals surface area contributed by atoms with E-state index in [1.54, 1.807) is 30.3 Å². The maximum Gasteiger partial charge on any atom is 0.335 e. The summed E-state index contributed by atoms with van der Waals surface area (Å²) in [4.78, 5) is 38.4. The number of imide groups is 2. The number of urea groups is 1. The van der Waals surface area contributed by atoms with E-state index in [9.17, 15) is 14.4 Å². The fraction of sp³-hybridized carbons (Fsp3) is 0.150. The van der Waals surface area contributed by atoms with Crippen molar-refractivity contribution in [1.29, 1.82) is 0 Å². The molecule has 0 unspecified atom stereocenters. The average Bonchev–Trinajstić information content (AvgIpc) is 2.64. The van der Waals surface area contributed by atoms with Crippen LogP contribution < -0.4 is 19.7 Å². The fourth-order valence-corrected chi connectivity index (χ4v) is 3.47. The molecular weight excluding hydrogens is 428 g/mol. The van der Waals surface area contributed by atoms with Gasteiger partial charge in [-0.05, 0) is 64.3 Å². The van der Waals surface area contributed by atoms with Gasteiger partial charge in [0, 0.05) is 0 Å². The van der Waals surface area contributed by atoms with E-state index >= 15 is 0 Å². The zero-order chi connectivity index (χ0) is 20.4. The summed E-state index contributed by atoms with van der Waals surface area (Å²) in [5.41, 5.74) is 1.63. The summed E-state index contributed by atoms with van der Waals surface area (Å²) in [6, 6.07) is 9.43. The molecule has 1 aliphatic heterocycles. The standard InChI is InChI=1S/C20H17BrN2O5/c1-11-5-4-6-13(7-11)23-19(25)14(18(24)22-20(23)26)8-12-9-15(21)17(28-3)16(10-12)27-2/h4-10H,1-3H3,(H,22,24,26)/b14-8+. The number of carbonyl (C=O) groups is 3. The highest BCUT2D eigenvalue weighted by Gasteiger charge is 2.36. The molecule has 1 N–H and O–H groups in total. The number of benzene rings is 2. The van der Waals surface area contributed by atoms with Gasteiger partial charge in [-0.3, -0.25) is 14.9 Å². The van der Waals surface area contributed by atoms with Crippen molar-refractivity contribution in [2.24, 2.45) is 0 Å². The van der Waals surface area contributed by atoms with Gasteiger partial charge in [0.15, 0.2) is 11.5 Å². The number of aryl methyl sites for hydroxylation is 1. The first kappa shape index (κ1) is 19.6. The molecule has 1 aliphatic rings. The number of barbiturate groups is 1. The van der Waals surface area contributed by atoms with Crippen molar-refractivity contribution >= 4 is 45.5 Å². The number of methoxy groups -OCH3 is 2. The molecule has 3 rings (SSSR count). The molecule has 28 heavy (non-hydrogen) atoms. The van der Waals surface area contributed by atoms with Gasteiger partial charge in [0.25, 0.3) is 11.8 Å². The first-order chi connectivity index (χ1) is 13.3. The molecule has 1 fully saturated rings. The lowest BCUT2D eigenvalue weighted by Gasteiger charge is -2.26. The summed E-state index contributed by atoms with van der Waals surface area (Å²) in [5.74, 6) is -0.547. The summed E-state index contributed by atoms with van der Waals surface area (Å²) in [5, 5.41) is 2.21. The first-order valence-electron chi connectivity index (χ1n) is 8.25. The van der Waals surface area contributed by atoms with Gasteiger partial charge >= 0.3 is 6.03 Å². The van der Waals surface area contributed by atoms with Gasteiger partial charge in [0.05, 0.1) is 24.4 Å². The summed E-state index contributed by atoms with van der Waals surface area (Å²) >= 11 is 3.38. The highest BCUT2D eigenvalue weighted by molar-refractivity contribution is 9.10. The number of carbonyl (C=O) groups excluding carboxylic acids is 3. The highest BCUT2D eigenvalue weighted by Crippen LogP contribution is 2.37. The number of ether oxygens (including phenoxy) is 2. The van der Waals surface area contributed by atoms with Crippen LogP contribution in [-0.2, 0) is 9.59 Å². The van der Waals surface area contributed by atoms with Gasteiger partial charge in [0.2, 0.25) is 0 Å². The van der Waals surface area contributed by atoms with Crippen molar-refractivity contribution in [3.05, 3.63) is 57.6 Å². The Hall–Kier alpha value is -3.13. The molecular formula is C20H17BrN2O5. The molecule has 0 atom stereocenters. The Morgan fingerprint density at radius 1 is 1.07 bits per heavy atom. The van der Waals surface area contributed by atoms with E-state index in [2.05, 4.69) is 21.2 Å². The zero-order valence-electron chi connectivity index (χ0n) is 15.4. The van der Waals surface area contributed by atoms with Gasteiger partial charge < -0.3 is 9.47 Å². The second-order valence-corrected chi connectivity index (χ2v) is 6.89. The Balaban J connectivity index is 2.06. The average molecular weight is 445 g/mol. The number of rotatable bonds is 4. The van der Waals surface area contributed by atoms with Crippen molar-refractivity contribution in [2.75, 3.05) is 19.1 Å². The van der Waals surface area contributed by atoms with Crippen LogP contribution in [0.1, 0.15) is 11.1 Å². The van der Waals surface area contributed by atoms with Crippen molar-refractivity contribution < 1.29 is 23.9 Å². The monoisotopic (exact) mass is 444 g/mol. The van der Waals surface area contributed by atoms with Crippen LogP contribution in [0.3, 0.4) is 0 Å². The largest absolute Gasteiger partial charge is 0.493 e. The lowest BCUT2D eigenvalue weighted by Crippen LogP contribution is -2.54. The summed E-state index contributed by atoms with van der Waals surface area (Å²) in [6.07, 6.45) is 1.40. The Bertz CT molecular complexity index is 1020. The number of nitrogens with one attached hydrogen (secondary N) is 1. The molecule has 0 aliphatic carbocycles. The second-order valence-electron chi connectivity index (χ2n) is 6.04. The van der Waals surface area contributed by atoms with Crippen LogP contribution in [0.4, 0.5) is 10.5 Å². The minimum atomic E-state index is -0.786. The van der Waals surface area contributed by atoms with Gasteiger partial charge in [-0.15, -0.1) is 0 Å². The number of amides is 4. The first-order valence-corrected chi connectivity index (χ1v) is 9.04. The van der Waals surface area contributed by atoms with E-state index in [0.29, 0.717) is 27.2 Å². The lowest BCUT2D eigenvalue weighted by molar-refractivity contribution is -0.122. The number of anilines is 1. The van der Waals surface area contributed by atoms with Gasteiger partial charge in [0.1, 0.15) is 5.57 Å². The zero-order valence-corrected chi connectivity index (χ0v) is 17.0. The maximum atomic E-state index is 12.9. The maximum absolute atomic E-state index is 12.9. The lowest BCUT2D eigenvalue weighted by atomic mass is 10.1. The molecule has 0 saturated carbocycles. The molecule has 0 radical (unpaired) electrons. The topological polar surface area (TPSA) is 84.9 Å². The Kier molecular flexibility index (Phi) is 5.51. The predicted molar refractivity (Wildman–Crippen MR) is 107 cm³/mol. The van der Waals surface area contributed by atoms with Crippen molar-refractivity contribution in [3.63, 3.8) is 0 Å². The Labute approximate surface area is 170 Å². The Morgan fingerprint density at radius 2 is 1.82 bits per heavy atom. The Morgan fingerprint density at radius 3 is 2.46 bits per heavy atom. The fourth-order valence-electron chi connectivity index (χ4n) is 2.85. The molecule has 1 heterocycles. The number of hydrogen-bond donors (Lipinski definition) is 1. The van der Waals surface area contributed by atoms with Crippen LogP contribution in [0.5, 0.6) is 11.5 Å². The van der Waals surface area contributed by atoms with Crippen LogP contribution in [-0.4, -0.2) is 32.1 Å². The van der Waals surface area contributed by atoms with Crippen molar-refractivity contribution in [1.82, 2.24) is 5.32 Å². The number of nitrogens with zero attached hydrogens (tertiary/aromatic N) is 1. The van der Waals surface area contributed by atoms with Gasteiger partial charge in [-0.25, -0.2) is 9.69 Å². The molecule has 4 amide bonds. The van der Waals surface area contributed by atoms with Crippen LogP contribution in [0.2, 0.25) is 0 Å². The number of hydrogen-bond acceptors (Lipinski definition) is 5. The third kappa shape index (κ3) is 3.63. The van der Waals surface area contributed by atoms with Crippen LogP contribution in [0, 0.1) is 6.92 Å². The minimum Gasteiger partial charge on any atom is -0.493 e. The second kappa shape index (κ2) is 7.85. The molecule has 144 valence electrons. The smallest absolute Gasteiger partial charge is 0.335 e. The molecule has 0 bridgehead atoms. The van der Waals surface area contributed by atoms with Crippen molar-refractivity contribution in [2.45, 2.75) is 6.92 Å². The minimum absolute atomic E-state index is 0.166. The van der Waals surface area contributed by atoms with E-state index in [-0.39, 0.29) is 5.57 Å². The van der Waals surface area contributed by atoms with Crippen LogP contribution in [0.15, 0.2) is 46.4 Å². The van der Waals surface area contributed by atoms with Gasteiger partial charge in [-0.1, -0.05) is 12.1 Å². The number of halogens is 1. The van der Waals surface area contributed by atoms with E-state index in [1.807, 2.05) is 13.0 Å². The van der Waals surface area contributed by atoms with Crippen LogP contribution >= 0.6 is 15.9 Å². The quantitative estimate of drug-likeness (QED) is 0.576. The summed E-state index contributed by atoms with van der Waals surface area (Å²) < 4.78 is 11.1. The van der Waals surface area contributed by atoms with E-state index < -0.39 is 17.8 Å². The molecule has 1 saturated heterocycles. The predicted octanol–water partition coefficient (Wildman–Crippen LogP) is 3.44. The van der Waals surface area contributed by atoms with E-state index in [4.69, 9.17) is 9.47 Å². The van der Waals surface area contributed by atoms with Gasteiger partial charge in [-0.2, -0.15) is 0 Å². The van der Waals surface area contributed by atoms with Crippen LogP contribution in [0.25, 0.3) is 6.08 Å². The summed E-state index contributed by atoms with van der Waals surface area (Å²) in [7, 11) is 2.99. The van der Waals surface area contributed by atoms with Crippen molar-refractivity contribution in [3.8, 4) is 11.5 Å². The summed E-state index contributed by atoms with van der Waals surface area (Å²) in [6.45, 7) is 1.85. The van der Waals surface area contributed by atoms with E-state index in [1.165, 1.54) is 20.3 Å². The highest BCUT2D eigenvalue weighted by atomic mass is 79.9. The molecule has 7 nitrogen and oxygen atoms in total. The SMILES string of the molecule is COc1cc(/C=C2\C(=O)NC(=O)N(c3cccc(C)c3)C2=O)cc(Br)c1OC. The van der Waals surface area contributed by atoms with E-state index in [0.717, 1.165) is 10.5 Å². The normalized spacial score (nSPS) is 15.6. The molecule has 2 aromatic carbocycles. The molecule has 0 aromatic heterocycles.